The molecule has 2 aromatic rings. The molecule has 0 aliphatic carbocycles. The summed E-state index contributed by atoms with van der Waals surface area (Å²) in [4.78, 5) is 19.9. The number of hydrogen-bond acceptors (Lipinski definition) is 2. The van der Waals surface area contributed by atoms with E-state index in [0.717, 1.165) is 10.4 Å². The van der Waals surface area contributed by atoms with E-state index in [4.69, 9.17) is 0 Å². The maximum Gasteiger partial charge on any atom is 0.368 e. The zero-order valence-corrected chi connectivity index (χ0v) is 8.49. The van der Waals surface area contributed by atoms with E-state index in [1.165, 1.54) is 0 Å². The van der Waals surface area contributed by atoms with Gasteiger partial charge in [-0.25, -0.2) is 4.79 Å². The molecule has 0 bridgehead atoms. The number of carbonyl (C=O) groups excluding carboxylic acids is 1. The molecule has 72 valence electrons. The first kappa shape index (κ1) is 8.49. The highest BCUT2D eigenvalue weighted by molar-refractivity contribution is 7.13. The lowest BCUT2D eigenvalue weighted by Crippen LogP contribution is -2.23. The third kappa shape index (κ3) is 1.30. The summed E-state index contributed by atoms with van der Waals surface area (Å²) in [6.07, 6.45) is 0. The molecule has 1 aliphatic rings. The highest BCUT2D eigenvalue weighted by Crippen LogP contribution is 2.20. The Bertz CT molecular complexity index is 644. The van der Waals surface area contributed by atoms with Crippen LogP contribution in [0.3, 0.4) is 0 Å². The summed E-state index contributed by atoms with van der Waals surface area (Å²) in [7, 11) is 0. The number of nitrogens with zero attached hydrogens (tertiary/aromatic N) is 2. The molecule has 1 aromatic carbocycles. The van der Waals surface area contributed by atoms with Crippen LogP contribution in [0, 0.1) is 0 Å². The summed E-state index contributed by atoms with van der Waals surface area (Å²) >= 11 is 1.63. The Kier molecular flexibility index (Phi) is 1.76. The lowest BCUT2D eigenvalue weighted by atomic mass is 10.1. The minimum Gasteiger partial charge on any atom is -0.244 e. The van der Waals surface area contributed by atoms with Gasteiger partial charge in [0.05, 0.1) is 5.36 Å². The molecule has 3 rings (SSSR count). The molecule has 0 spiro atoms. The molecule has 3 nitrogen and oxygen atoms in total. The number of carbonyl (C=O) groups is 1. The number of para-hydroxylation sites is 1. The van der Waals surface area contributed by atoms with Crippen LogP contribution in [0.1, 0.15) is 0 Å². The normalized spacial score (nSPS) is 13.2. The summed E-state index contributed by atoms with van der Waals surface area (Å²) in [5, 5.41) is 3.37. The smallest absolute Gasteiger partial charge is 0.244 e. The van der Waals surface area contributed by atoms with Crippen LogP contribution in [0.25, 0.3) is 10.4 Å². The van der Waals surface area contributed by atoms with E-state index >= 15 is 0 Å². The first-order valence-electron chi connectivity index (χ1n) is 4.49. The van der Waals surface area contributed by atoms with E-state index in [0.29, 0.717) is 10.7 Å². The number of rotatable bonds is 1. The number of benzene rings is 1. The van der Waals surface area contributed by atoms with Crippen LogP contribution in [-0.4, -0.2) is 6.03 Å². The molecule has 0 radical (unpaired) electrons. The molecule has 1 aromatic heterocycles. The number of fused-ring (bicyclic) bond motifs is 1. The standard InChI is InChI=1S/C11H6N2OS/c14-11-12-8-4-1-3-7(10(8)13-11)9-5-2-6-15-9/h1-6H. The second-order valence-electron chi connectivity index (χ2n) is 3.16. The molecule has 0 fully saturated rings. The van der Waals surface area contributed by atoms with Crippen molar-refractivity contribution in [3.05, 3.63) is 46.4 Å². The van der Waals surface area contributed by atoms with Crippen LogP contribution >= 0.6 is 11.3 Å². The first-order valence-corrected chi connectivity index (χ1v) is 5.37. The summed E-state index contributed by atoms with van der Waals surface area (Å²) in [6.45, 7) is 0. The lowest BCUT2D eigenvalue weighted by Gasteiger charge is -1.94. The number of hydrogen-bond donors (Lipinski definition) is 0. The predicted molar refractivity (Wildman–Crippen MR) is 57.5 cm³/mol. The summed E-state index contributed by atoms with van der Waals surface area (Å²) in [5.41, 5.74) is 0.983. The molecule has 0 atom stereocenters. The van der Waals surface area contributed by atoms with Gasteiger partial charge in [0.25, 0.3) is 0 Å². The van der Waals surface area contributed by atoms with Crippen LogP contribution in [-0.2, 0) is 0 Å². The maximum atomic E-state index is 11.1. The van der Waals surface area contributed by atoms with Gasteiger partial charge in [-0.05, 0) is 17.5 Å². The van der Waals surface area contributed by atoms with Crippen molar-refractivity contribution in [2.45, 2.75) is 0 Å². The van der Waals surface area contributed by atoms with E-state index in [1.807, 2.05) is 29.6 Å². The van der Waals surface area contributed by atoms with Crippen LogP contribution in [0.5, 0.6) is 0 Å². The van der Waals surface area contributed by atoms with Crippen molar-refractivity contribution < 1.29 is 4.79 Å². The third-order valence-corrected chi connectivity index (χ3v) is 3.13. The highest BCUT2D eigenvalue weighted by Gasteiger charge is 2.10. The number of urea groups is 1. The molecular weight excluding hydrogens is 208 g/mol. The molecule has 0 saturated carbocycles. The molecule has 4 heteroatoms. The van der Waals surface area contributed by atoms with Gasteiger partial charge in [-0.3, -0.25) is 0 Å². The Labute approximate surface area is 89.4 Å². The van der Waals surface area contributed by atoms with Crippen molar-refractivity contribution in [1.82, 2.24) is 0 Å². The summed E-state index contributed by atoms with van der Waals surface area (Å²) in [6, 6.07) is 9.24. The van der Waals surface area contributed by atoms with Crippen molar-refractivity contribution in [3.8, 4) is 10.4 Å². The Morgan fingerprint density at radius 3 is 2.80 bits per heavy atom. The van der Waals surface area contributed by atoms with Gasteiger partial charge in [0.2, 0.25) is 0 Å². The minimum absolute atomic E-state index is 0.408. The van der Waals surface area contributed by atoms with Crippen molar-refractivity contribution >= 4 is 17.4 Å². The van der Waals surface area contributed by atoms with Gasteiger partial charge in [-0.15, -0.1) is 11.3 Å². The predicted octanol–water partition coefficient (Wildman–Crippen LogP) is 1.79. The Balaban J connectivity index is 2.39. The quantitative estimate of drug-likeness (QED) is 0.713. The average molecular weight is 214 g/mol. The molecule has 2 heterocycles. The topological polar surface area (TPSA) is 41.8 Å². The van der Waals surface area contributed by atoms with Crippen molar-refractivity contribution in [2.24, 2.45) is 9.98 Å². The Morgan fingerprint density at radius 1 is 1.07 bits per heavy atom. The third-order valence-electron chi connectivity index (χ3n) is 2.22. The minimum atomic E-state index is -0.408. The highest BCUT2D eigenvalue weighted by atomic mass is 32.1. The monoisotopic (exact) mass is 214 g/mol. The van der Waals surface area contributed by atoms with Gasteiger partial charge in [-0.1, -0.05) is 18.2 Å². The van der Waals surface area contributed by atoms with Gasteiger partial charge >= 0.3 is 6.03 Å². The number of thiophene rings is 1. The van der Waals surface area contributed by atoms with Crippen LogP contribution in [0.15, 0.2) is 45.7 Å². The van der Waals surface area contributed by atoms with Crippen LogP contribution in [0.4, 0.5) is 4.79 Å². The summed E-state index contributed by atoms with van der Waals surface area (Å²) < 4.78 is 0. The van der Waals surface area contributed by atoms with Crippen molar-refractivity contribution in [1.29, 1.82) is 0 Å². The van der Waals surface area contributed by atoms with Crippen molar-refractivity contribution in [3.63, 3.8) is 0 Å². The Morgan fingerprint density at radius 2 is 2.00 bits per heavy atom. The fraction of sp³-hybridized carbons (Fsp3) is 0. The van der Waals surface area contributed by atoms with Crippen LogP contribution in [0.2, 0.25) is 0 Å². The molecular formula is C11H6N2OS. The maximum absolute atomic E-state index is 11.1. The van der Waals surface area contributed by atoms with Gasteiger partial charge in [0, 0.05) is 10.4 Å². The van der Waals surface area contributed by atoms with Crippen molar-refractivity contribution in [2.75, 3.05) is 0 Å². The lowest BCUT2D eigenvalue weighted by molar-refractivity contribution is 0.256. The average Bonchev–Trinajstić information content (AvgIpc) is 2.82. The second kappa shape index (κ2) is 3.10. The molecule has 15 heavy (non-hydrogen) atoms. The fourth-order valence-corrected chi connectivity index (χ4v) is 2.35. The largest absolute Gasteiger partial charge is 0.368 e. The van der Waals surface area contributed by atoms with Crippen LogP contribution < -0.4 is 10.7 Å². The second-order valence-corrected chi connectivity index (χ2v) is 4.10. The summed E-state index contributed by atoms with van der Waals surface area (Å²) in [5.74, 6) is 0. The SMILES string of the molecule is O=C1N=c2cccc(-c3cccs3)c2=N1. The van der Waals surface area contributed by atoms with E-state index in [2.05, 4.69) is 9.98 Å². The van der Waals surface area contributed by atoms with E-state index in [1.54, 1.807) is 17.4 Å². The van der Waals surface area contributed by atoms with Gasteiger partial charge in [0.1, 0.15) is 5.36 Å². The molecule has 0 N–H and O–H groups in total. The molecule has 1 aliphatic heterocycles. The molecule has 0 unspecified atom stereocenters. The zero-order chi connectivity index (χ0) is 10.3. The van der Waals surface area contributed by atoms with Gasteiger partial charge in [0.15, 0.2) is 0 Å². The molecule has 0 saturated heterocycles. The Hall–Kier alpha value is -1.81. The van der Waals surface area contributed by atoms with Gasteiger partial charge in [-0.2, -0.15) is 9.98 Å². The fourth-order valence-electron chi connectivity index (χ4n) is 1.59. The zero-order valence-electron chi connectivity index (χ0n) is 7.68. The first-order chi connectivity index (χ1) is 7.34. The van der Waals surface area contributed by atoms with Gasteiger partial charge < -0.3 is 0 Å². The van der Waals surface area contributed by atoms with E-state index in [-0.39, 0.29) is 0 Å². The number of amides is 2. The van der Waals surface area contributed by atoms with E-state index in [9.17, 15) is 4.79 Å². The van der Waals surface area contributed by atoms with E-state index < -0.39 is 6.03 Å². The molecule has 2 amide bonds.